The predicted octanol–water partition coefficient (Wildman–Crippen LogP) is 2.43. The van der Waals surface area contributed by atoms with E-state index in [1.54, 1.807) is 0 Å². The zero-order valence-corrected chi connectivity index (χ0v) is 11.8. The molecule has 4 heteroatoms. The Morgan fingerprint density at radius 2 is 2.06 bits per heavy atom. The van der Waals surface area contributed by atoms with Crippen LogP contribution in [0.4, 0.5) is 5.69 Å². The minimum atomic E-state index is 0.194. The third-order valence-corrected chi connectivity index (χ3v) is 4.05. The molecular formula is C13H17BrN2O. The van der Waals surface area contributed by atoms with Crippen molar-refractivity contribution in [3.63, 3.8) is 0 Å². The summed E-state index contributed by atoms with van der Waals surface area (Å²) in [6, 6.07) is 6.26. The van der Waals surface area contributed by atoms with Crippen LogP contribution in [0.3, 0.4) is 0 Å². The van der Waals surface area contributed by atoms with E-state index in [-0.39, 0.29) is 5.91 Å². The summed E-state index contributed by atoms with van der Waals surface area (Å²) in [5, 5.41) is 0. The molecule has 0 spiro atoms. The molecule has 1 aromatic carbocycles. The fourth-order valence-corrected chi connectivity index (χ4v) is 2.35. The maximum absolute atomic E-state index is 11.8. The minimum absolute atomic E-state index is 0.194. The van der Waals surface area contributed by atoms with E-state index < -0.39 is 0 Å². The number of aryl methyl sites for hydroxylation is 1. The van der Waals surface area contributed by atoms with Crippen molar-refractivity contribution in [3.8, 4) is 0 Å². The van der Waals surface area contributed by atoms with Gasteiger partial charge >= 0.3 is 0 Å². The average molecular weight is 297 g/mol. The SMILES string of the molecule is Cc1ccc(N2CCCN(C)C(=O)C2)cc1Br. The first-order valence-corrected chi connectivity index (χ1v) is 6.62. The Bertz CT molecular complexity index is 433. The average Bonchev–Trinajstić information content (AvgIpc) is 2.46. The second-order valence-corrected chi connectivity index (χ2v) is 5.38. The number of likely N-dealkylation sites (N-methyl/N-ethyl adjacent to an activating group) is 1. The molecule has 17 heavy (non-hydrogen) atoms. The summed E-state index contributed by atoms with van der Waals surface area (Å²) < 4.78 is 1.10. The van der Waals surface area contributed by atoms with Gasteiger partial charge < -0.3 is 9.80 Å². The number of carbonyl (C=O) groups is 1. The van der Waals surface area contributed by atoms with Crippen LogP contribution in [0.2, 0.25) is 0 Å². The van der Waals surface area contributed by atoms with Crippen LogP contribution in [-0.4, -0.2) is 37.5 Å². The molecule has 1 aromatic rings. The van der Waals surface area contributed by atoms with Crippen molar-refractivity contribution in [2.45, 2.75) is 13.3 Å². The summed E-state index contributed by atoms with van der Waals surface area (Å²) >= 11 is 3.54. The van der Waals surface area contributed by atoms with Crippen LogP contribution in [0.1, 0.15) is 12.0 Å². The molecule has 3 nitrogen and oxygen atoms in total. The first-order valence-electron chi connectivity index (χ1n) is 5.83. The quantitative estimate of drug-likeness (QED) is 0.795. The molecule has 0 aliphatic carbocycles. The van der Waals surface area contributed by atoms with Crippen LogP contribution in [0.5, 0.6) is 0 Å². The molecule has 2 rings (SSSR count). The number of rotatable bonds is 1. The van der Waals surface area contributed by atoms with E-state index >= 15 is 0 Å². The lowest BCUT2D eigenvalue weighted by atomic mass is 10.2. The molecule has 1 aliphatic rings. The Kier molecular flexibility index (Phi) is 3.72. The summed E-state index contributed by atoms with van der Waals surface area (Å²) in [5.74, 6) is 0.194. The Hall–Kier alpha value is -1.03. The van der Waals surface area contributed by atoms with Crippen LogP contribution in [-0.2, 0) is 4.79 Å². The van der Waals surface area contributed by atoms with Gasteiger partial charge in [-0.25, -0.2) is 0 Å². The van der Waals surface area contributed by atoms with Crippen molar-refractivity contribution in [2.24, 2.45) is 0 Å². The van der Waals surface area contributed by atoms with Crippen LogP contribution in [0.15, 0.2) is 22.7 Å². The Labute approximate surface area is 111 Å². The van der Waals surface area contributed by atoms with Gasteiger partial charge in [-0.2, -0.15) is 0 Å². The van der Waals surface area contributed by atoms with Gasteiger partial charge in [-0.15, -0.1) is 0 Å². The largest absolute Gasteiger partial charge is 0.362 e. The highest BCUT2D eigenvalue weighted by Crippen LogP contribution is 2.24. The third-order valence-electron chi connectivity index (χ3n) is 3.19. The zero-order chi connectivity index (χ0) is 12.4. The maximum atomic E-state index is 11.8. The number of anilines is 1. The van der Waals surface area contributed by atoms with Gasteiger partial charge in [0.15, 0.2) is 0 Å². The van der Waals surface area contributed by atoms with Crippen molar-refractivity contribution in [2.75, 3.05) is 31.6 Å². The van der Waals surface area contributed by atoms with E-state index in [2.05, 4.69) is 46.0 Å². The fourth-order valence-electron chi connectivity index (χ4n) is 1.99. The molecular weight excluding hydrogens is 280 g/mol. The number of nitrogens with zero attached hydrogens (tertiary/aromatic N) is 2. The lowest BCUT2D eigenvalue weighted by molar-refractivity contribution is -0.127. The van der Waals surface area contributed by atoms with Crippen LogP contribution >= 0.6 is 15.9 Å². The van der Waals surface area contributed by atoms with Gasteiger partial charge in [0.25, 0.3) is 0 Å². The van der Waals surface area contributed by atoms with E-state index in [1.165, 1.54) is 5.56 Å². The highest BCUT2D eigenvalue weighted by atomic mass is 79.9. The van der Waals surface area contributed by atoms with Crippen LogP contribution < -0.4 is 4.90 Å². The summed E-state index contributed by atoms with van der Waals surface area (Å²) in [5.41, 5.74) is 2.33. The number of hydrogen-bond donors (Lipinski definition) is 0. The van der Waals surface area contributed by atoms with Crippen molar-refractivity contribution < 1.29 is 4.79 Å². The molecule has 0 saturated carbocycles. The summed E-state index contributed by atoms with van der Waals surface area (Å²) in [6.45, 7) is 4.33. The van der Waals surface area contributed by atoms with E-state index in [0.717, 1.165) is 29.7 Å². The Morgan fingerprint density at radius 3 is 2.76 bits per heavy atom. The molecule has 1 heterocycles. The van der Waals surface area contributed by atoms with Gasteiger partial charge in [0.1, 0.15) is 0 Å². The van der Waals surface area contributed by atoms with Crippen molar-refractivity contribution in [1.29, 1.82) is 0 Å². The highest BCUT2D eigenvalue weighted by Gasteiger charge is 2.19. The molecule has 92 valence electrons. The smallest absolute Gasteiger partial charge is 0.241 e. The van der Waals surface area contributed by atoms with Crippen LogP contribution in [0, 0.1) is 6.92 Å². The van der Waals surface area contributed by atoms with Crippen molar-refractivity contribution in [1.82, 2.24) is 4.90 Å². The van der Waals surface area contributed by atoms with Crippen LogP contribution in [0.25, 0.3) is 0 Å². The van der Waals surface area contributed by atoms with Gasteiger partial charge in [0.2, 0.25) is 5.91 Å². The van der Waals surface area contributed by atoms with E-state index in [0.29, 0.717) is 6.54 Å². The van der Waals surface area contributed by atoms with Crippen molar-refractivity contribution >= 4 is 27.5 Å². The van der Waals surface area contributed by atoms with Gasteiger partial charge in [-0.3, -0.25) is 4.79 Å². The fraction of sp³-hybridized carbons (Fsp3) is 0.462. The lowest BCUT2D eigenvalue weighted by Crippen LogP contribution is -2.34. The molecule has 1 aliphatic heterocycles. The number of hydrogen-bond acceptors (Lipinski definition) is 2. The number of benzene rings is 1. The molecule has 0 atom stereocenters. The van der Waals surface area contributed by atoms with E-state index in [1.807, 2.05) is 11.9 Å². The zero-order valence-electron chi connectivity index (χ0n) is 10.2. The molecule has 0 aromatic heterocycles. The summed E-state index contributed by atoms with van der Waals surface area (Å²) in [6.07, 6.45) is 1.02. The lowest BCUT2D eigenvalue weighted by Gasteiger charge is -2.22. The van der Waals surface area contributed by atoms with Gasteiger partial charge in [0, 0.05) is 30.3 Å². The second kappa shape index (κ2) is 5.08. The van der Waals surface area contributed by atoms with Gasteiger partial charge in [-0.1, -0.05) is 22.0 Å². The first-order chi connectivity index (χ1) is 8.08. The standard InChI is InChI=1S/C13H17BrN2O/c1-10-4-5-11(8-12(10)14)16-7-3-6-15(2)13(17)9-16/h4-5,8H,3,6-7,9H2,1-2H3. The first kappa shape index (κ1) is 12.4. The maximum Gasteiger partial charge on any atom is 0.241 e. The molecule has 1 saturated heterocycles. The van der Waals surface area contributed by atoms with Gasteiger partial charge in [0.05, 0.1) is 6.54 Å². The molecule has 0 radical (unpaired) electrons. The third kappa shape index (κ3) is 2.80. The van der Waals surface area contributed by atoms with E-state index in [9.17, 15) is 4.79 Å². The number of carbonyl (C=O) groups excluding carboxylic acids is 1. The minimum Gasteiger partial charge on any atom is -0.362 e. The topological polar surface area (TPSA) is 23.6 Å². The molecule has 0 N–H and O–H groups in total. The molecule has 0 bridgehead atoms. The monoisotopic (exact) mass is 296 g/mol. The van der Waals surface area contributed by atoms with E-state index in [4.69, 9.17) is 0 Å². The molecule has 1 fully saturated rings. The summed E-state index contributed by atoms with van der Waals surface area (Å²) in [4.78, 5) is 15.8. The summed E-state index contributed by atoms with van der Waals surface area (Å²) in [7, 11) is 1.87. The Morgan fingerprint density at radius 1 is 1.29 bits per heavy atom. The normalized spacial score (nSPS) is 17.2. The molecule has 1 amide bonds. The number of amides is 1. The van der Waals surface area contributed by atoms with Gasteiger partial charge in [-0.05, 0) is 31.0 Å². The molecule has 0 unspecified atom stereocenters. The Balaban J connectivity index is 2.21. The van der Waals surface area contributed by atoms with Crippen molar-refractivity contribution in [3.05, 3.63) is 28.2 Å². The second-order valence-electron chi connectivity index (χ2n) is 4.52. The highest BCUT2D eigenvalue weighted by molar-refractivity contribution is 9.10. The number of halogens is 1. The predicted molar refractivity (Wildman–Crippen MR) is 73.3 cm³/mol.